The van der Waals surface area contributed by atoms with Crippen LogP contribution in [0.4, 0.5) is 0 Å². The molecule has 0 aromatic heterocycles. The Morgan fingerprint density at radius 2 is 2.27 bits per heavy atom. The molecule has 1 heterocycles. The first-order valence-corrected chi connectivity index (χ1v) is 4.45. The average molecular weight is 176 g/mol. The van der Waals surface area contributed by atoms with Gasteiger partial charge in [-0.2, -0.15) is 8.42 Å². The lowest BCUT2D eigenvalue weighted by atomic mass is 10.2. The zero-order chi connectivity index (χ0) is 8.48. The van der Waals surface area contributed by atoms with Crippen LogP contribution in [0.5, 0.6) is 0 Å². The molecule has 0 bridgehead atoms. The van der Waals surface area contributed by atoms with Crippen molar-refractivity contribution >= 4 is 10.1 Å². The molecule has 0 fully saturated rings. The van der Waals surface area contributed by atoms with Crippen LogP contribution in [0.25, 0.3) is 0 Å². The quantitative estimate of drug-likeness (QED) is 0.606. The summed E-state index contributed by atoms with van der Waals surface area (Å²) in [7, 11) is -4.17. The van der Waals surface area contributed by atoms with Crippen LogP contribution in [0.3, 0.4) is 0 Å². The summed E-state index contributed by atoms with van der Waals surface area (Å²) in [5.41, 5.74) is 0.509. The van der Waals surface area contributed by atoms with E-state index in [1.54, 1.807) is 13.0 Å². The Labute approximate surface area is 64.9 Å². The predicted octanol–water partition coefficient (Wildman–Crippen LogP) is 1.04. The van der Waals surface area contributed by atoms with E-state index in [0.29, 0.717) is 12.0 Å². The van der Waals surface area contributed by atoms with Gasteiger partial charge in [-0.1, -0.05) is 0 Å². The molecule has 5 heteroatoms. The molecule has 1 aliphatic rings. The highest BCUT2D eigenvalue weighted by molar-refractivity contribution is 7.89. The summed E-state index contributed by atoms with van der Waals surface area (Å²) in [6.07, 6.45) is 3.41. The maximum absolute atomic E-state index is 10.5. The molecule has 0 atom stereocenters. The monoisotopic (exact) mass is 176 g/mol. The Bertz CT molecular complexity index is 309. The van der Waals surface area contributed by atoms with Gasteiger partial charge in [0.25, 0.3) is 0 Å². The van der Waals surface area contributed by atoms with Crippen LogP contribution < -0.4 is 0 Å². The molecule has 1 rings (SSSR count). The third-order valence-electron chi connectivity index (χ3n) is 1.28. The maximum atomic E-state index is 10.5. The van der Waals surface area contributed by atoms with Crippen molar-refractivity contribution < 1.29 is 17.7 Å². The van der Waals surface area contributed by atoms with Crippen LogP contribution >= 0.6 is 0 Å². The van der Waals surface area contributed by atoms with Crippen LogP contribution in [0.15, 0.2) is 23.0 Å². The van der Waals surface area contributed by atoms with E-state index in [0.717, 1.165) is 0 Å². The molecule has 1 N–H and O–H groups in total. The van der Waals surface area contributed by atoms with E-state index < -0.39 is 10.1 Å². The number of allylic oxidation sites excluding steroid dienone is 2. The van der Waals surface area contributed by atoms with E-state index in [1.807, 2.05) is 0 Å². The lowest BCUT2D eigenvalue weighted by molar-refractivity contribution is 0.347. The van der Waals surface area contributed by atoms with Gasteiger partial charge in [-0.25, -0.2) is 0 Å². The van der Waals surface area contributed by atoms with Crippen molar-refractivity contribution in [3.8, 4) is 0 Å². The van der Waals surface area contributed by atoms with Crippen molar-refractivity contribution in [2.24, 2.45) is 0 Å². The van der Waals surface area contributed by atoms with Crippen molar-refractivity contribution in [1.29, 1.82) is 0 Å². The maximum Gasteiger partial charge on any atom is 0.328 e. The van der Waals surface area contributed by atoms with Gasteiger partial charge in [0.1, 0.15) is 0 Å². The zero-order valence-electron chi connectivity index (χ0n) is 5.94. The highest BCUT2D eigenvalue weighted by atomic mass is 32.2. The Morgan fingerprint density at radius 1 is 1.64 bits per heavy atom. The first-order valence-electron chi connectivity index (χ1n) is 3.00. The van der Waals surface area contributed by atoms with Gasteiger partial charge in [-0.3, -0.25) is 4.55 Å². The summed E-state index contributed by atoms with van der Waals surface area (Å²) in [5, 5.41) is -0.347. The second kappa shape index (κ2) is 2.67. The van der Waals surface area contributed by atoms with Gasteiger partial charge in [0.05, 0.1) is 6.26 Å². The predicted molar refractivity (Wildman–Crippen MR) is 39.1 cm³/mol. The van der Waals surface area contributed by atoms with Gasteiger partial charge < -0.3 is 4.74 Å². The molecule has 0 aromatic carbocycles. The van der Waals surface area contributed by atoms with Crippen molar-refractivity contribution in [2.45, 2.75) is 13.3 Å². The Hall–Kier alpha value is -0.810. The van der Waals surface area contributed by atoms with E-state index in [2.05, 4.69) is 4.74 Å². The second-order valence-corrected chi connectivity index (χ2v) is 3.56. The Balaban J connectivity index is 3.05. The molecule has 1 aliphatic heterocycles. The molecule has 62 valence electrons. The summed E-state index contributed by atoms with van der Waals surface area (Å²) in [6, 6.07) is 0. The average Bonchev–Trinajstić information content (AvgIpc) is 1.86. The Morgan fingerprint density at radius 3 is 2.64 bits per heavy atom. The van der Waals surface area contributed by atoms with Crippen LogP contribution in [-0.4, -0.2) is 13.0 Å². The summed E-state index contributed by atoms with van der Waals surface area (Å²) in [5.74, 6) is 0. The van der Waals surface area contributed by atoms with Crippen LogP contribution in [0.1, 0.15) is 13.3 Å². The third-order valence-corrected chi connectivity index (χ3v) is 2.19. The van der Waals surface area contributed by atoms with Gasteiger partial charge in [-0.15, -0.1) is 0 Å². The normalized spacial score (nSPS) is 18.4. The molecule has 0 saturated heterocycles. The largest absolute Gasteiger partial charge is 0.451 e. The van der Waals surface area contributed by atoms with Crippen molar-refractivity contribution in [3.05, 3.63) is 23.0 Å². The minimum atomic E-state index is -4.17. The molecule has 0 amide bonds. The van der Waals surface area contributed by atoms with Crippen LogP contribution in [0.2, 0.25) is 0 Å². The summed E-state index contributed by atoms with van der Waals surface area (Å²) < 4.78 is 34.3. The summed E-state index contributed by atoms with van der Waals surface area (Å²) in [6.45, 7) is 1.59. The van der Waals surface area contributed by atoms with E-state index in [-0.39, 0.29) is 5.09 Å². The topological polar surface area (TPSA) is 63.6 Å². The van der Waals surface area contributed by atoms with Crippen molar-refractivity contribution in [3.63, 3.8) is 0 Å². The standard InChI is InChI=1S/C6H8O4S/c1-5-3-2-4-10-6(5)11(7,8)9/h2,4H,3H2,1H3,(H,7,8,9). The van der Waals surface area contributed by atoms with Gasteiger partial charge in [0.2, 0.25) is 5.09 Å². The summed E-state index contributed by atoms with van der Waals surface area (Å²) in [4.78, 5) is 0. The van der Waals surface area contributed by atoms with E-state index in [9.17, 15) is 8.42 Å². The molecular formula is C6H8O4S. The van der Waals surface area contributed by atoms with Crippen LogP contribution in [0, 0.1) is 0 Å². The lowest BCUT2D eigenvalue weighted by Gasteiger charge is -2.10. The number of hydrogen-bond acceptors (Lipinski definition) is 3. The highest BCUT2D eigenvalue weighted by Crippen LogP contribution is 2.19. The van der Waals surface area contributed by atoms with Gasteiger partial charge in [0.15, 0.2) is 0 Å². The smallest absolute Gasteiger partial charge is 0.328 e. The SMILES string of the molecule is CC1=C(S(=O)(=O)O)OC=CC1. The third kappa shape index (κ3) is 1.81. The highest BCUT2D eigenvalue weighted by Gasteiger charge is 2.19. The lowest BCUT2D eigenvalue weighted by Crippen LogP contribution is -2.07. The van der Waals surface area contributed by atoms with E-state index >= 15 is 0 Å². The van der Waals surface area contributed by atoms with E-state index in [4.69, 9.17) is 4.55 Å². The summed E-state index contributed by atoms with van der Waals surface area (Å²) >= 11 is 0. The molecule has 0 saturated carbocycles. The molecule has 11 heavy (non-hydrogen) atoms. The molecule has 0 radical (unpaired) electrons. The van der Waals surface area contributed by atoms with Gasteiger partial charge >= 0.3 is 10.1 Å². The number of hydrogen-bond donors (Lipinski definition) is 1. The minimum absolute atomic E-state index is 0.347. The molecule has 0 unspecified atom stereocenters. The van der Waals surface area contributed by atoms with Crippen LogP contribution in [-0.2, 0) is 14.9 Å². The molecule has 0 aromatic rings. The molecular weight excluding hydrogens is 168 g/mol. The first-order chi connectivity index (χ1) is 5.02. The fourth-order valence-corrected chi connectivity index (χ4v) is 1.50. The minimum Gasteiger partial charge on any atom is -0.451 e. The molecule has 0 aliphatic carbocycles. The molecule has 0 spiro atoms. The van der Waals surface area contributed by atoms with Crippen molar-refractivity contribution in [2.75, 3.05) is 0 Å². The fourth-order valence-electron chi connectivity index (χ4n) is 0.800. The molecule has 4 nitrogen and oxygen atoms in total. The van der Waals surface area contributed by atoms with Crippen molar-refractivity contribution in [1.82, 2.24) is 0 Å². The fraction of sp³-hybridized carbons (Fsp3) is 0.333. The van der Waals surface area contributed by atoms with E-state index in [1.165, 1.54) is 6.26 Å². The Kier molecular flexibility index (Phi) is 2.01. The second-order valence-electron chi connectivity index (χ2n) is 2.24. The van der Waals surface area contributed by atoms with Gasteiger partial charge in [-0.05, 0) is 25.0 Å². The van der Waals surface area contributed by atoms with Gasteiger partial charge in [0, 0.05) is 0 Å². The number of rotatable bonds is 1. The number of ether oxygens (including phenoxy) is 1. The zero-order valence-corrected chi connectivity index (χ0v) is 6.76. The first kappa shape index (κ1) is 8.29.